The van der Waals surface area contributed by atoms with E-state index in [0.717, 1.165) is 0 Å². The summed E-state index contributed by atoms with van der Waals surface area (Å²) in [6.45, 7) is -0.0833. The largest absolute Gasteiger partial charge is 0.489 e. The van der Waals surface area contributed by atoms with Crippen molar-refractivity contribution in [2.75, 3.05) is 0 Å². The van der Waals surface area contributed by atoms with E-state index in [9.17, 15) is 4.79 Å². The van der Waals surface area contributed by atoms with Gasteiger partial charge in [0.2, 0.25) is 0 Å². The maximum atomic E-state index is 9.29. The highest BCUT2D eigenvalue weighted by atomic mass is 32.1. The molecule has 0 aromatic rings. The van der Waals surface area contributed by atoms with Crippen LogP contribution in [0.4, 0.5) is 4.79 Å². The molecule has 0 aliphatic rings. The van der Waals surface area contributed by atoms with Crippen LogP contribution in [-0.2, 0) is 0 Å². The average molecular weight is 89.9 g/mol. The molecule has 0 radical (unpaired) electrons. The molecule has 0 bridgehead atoms. The van der Waals surface area contributed by atoms with Gasteiger partial charge in [-0.15, -0.1) is 0 Å². The van der Waals surface area contributed by atoms with Gasteiger partial charge in [-0.1, -0.05) is 0 Å². The Balaban J connectivity index is 2.85. The van der Waals surface area contributed by atoms with Crippen LogP contribution in [0.25, 0.3) is 0 Å². The summed E-state index contributed by atoms with van der Waals surface area (Å²) in [5.41, 5.74) is 0. The zero-order valence-corrected chi connectivity index (χ0v) is 3.40. The Labute approximate surface area is 35.7 Å². The lowest BCUT2D eigenvalue weighted by Crippen LogP contribution is -1.94. The molecule has 0 heterocycles. The monoisotopic (exact) mass is 90.0 g/mol. The van der Waals surface area contributed by atoms with Crippen molar-refractivity contribution < 1.29 is 9.90 Å². The summed E-state index contributed by atoms with van der Waals surface area (Å²) in [5, 5.41) is 7.65. The number of hydrogen-bond donors (Lipinski definition) is 2. The highest BCUT2D eigenvalue weighted by Crippen LogP contribution is 1.65. The van der Waals surface area contributed by atoms with Crippen LogP contribution in [0.1, 0.15) is 0 Å². The predicted molar refractivity (Wildman–Crippen MR) is 24.2 cm³/mol. The molecule has 5 heavy (non-hydrogen) atoms. The zero-order valence-electron chi connectivity index (χ0n) is 2.51. The average Bonchev–Trinajstić information content (AvgIpc) is 1.38. The van der Waals surface area contributed by atoms with Gasteiger partial charge in [0, 0.05) is 0 Å². The molecule has 0 saturated heterocycles. The van der Waals surface area contributed by atoms with E-state index in [4.69, 9.17) is 5.11 Å². The third-order valence-corrected chi connectivity index (χ3v) is 0.406. The maximum Gasteiger partial charge on any atom is 0.321 e. The molecule has 0 fully saturated rings. The Morgan fingerprint density at radius 1 is 2.00 bits per heavy atom. The second-order valence-electron chi connectivity index (χ2n) is 0.552. The summed E-state index contributed by atoms with van der Waals surface area (Å²) in [6, 6.07) is 0. The molecule has 0 spiro atoms. The molecule has 0 aliphatic carbocycles. The Kier molecular flexibility index (Phi) is 2.09. The van der Waals surface area contributed by atoms with E-state index >= 15 is 0 Å². The molecule has 2 nitrogen and oxygen atoms in total. The SMILES string of the molecule is O=C(O)BS. The first kappa shape index (κ1) is 4.88. The molecule has 0 aromatic carbocycles. The molecule has 0 amide bonds. The molecular formula is CH3BO2S. The van der Waals surface area contributed by atoms with Gasteiger partial charge in [0.1, 0.15) is 0 Å². The van der Waals surface area contributed by atoms with Crippen LogP contribution in [0.15, 0.2) is 0 Å². The lowest BCUT2D eigenvalue weighted by molar-refractivity contribution is 0.220. The van der Waals surface area contributed by atoms with E-state index in [2.05, 4.69) is 12.5 Å². The molecule has 0 aromatic heterocycles. The summed E-state index contributed by atoms with van der Waals surface area (Å²) in [4.78, 5) is 9.29. The van der Waals surface area contributed by atoms with Crippen LogP contribution in [0.5, 0.6) is 0 Å². The van der Waals surface area contributed by atoms with Crippen LogP contribution in [0.3, 0.4) is 0 Å². The molecule has 4 heteroatoms. The van der Waals surface area contributed by atoms with Gasteiger partial charge in [-0.2, -0.15) is 0 Å². The number of rotatable bonds is 1. The Morgan fingerprint density at radius 3 is 2.20 bits per heavy atom. The molecule has 0 rings (SSSR count). The second-order valence-corrected chi connectivity index (χ2v) is 0.868. The van der Waals surface area contributed by atoms with Gasteiger partial charge in [-0.25, -0.2) is 12.5 Å². The Bertz CT molecular complexity index is 44.9. The summed E-state index contributed by atoms with van der Waals surface area (Å²) >= 11 is 3.42. The lowest BCUT2D eigenvalue weighted by atomic mass is 10.1. The summed E-state index contributed by atoms with van der Waals surface area (Å²) < 4.78 is 0. The smallest absolute Gasteiger partial charge is 0.321 e. The highest BCUT2D eigenvalue weighted by Gasteiger charge is 1.86. The third kappa shape index (κ3) is 3.88. The molecule has 0 saturated carbocycles. The minimum atomic E-state index is -0.881. The molecule has 28 valence electrons. The number of thiol groups is 1. The standard InChI is InChI=1S/CH3BO2S/c3-1(4)2-5/h2,5H,(H,3,4). The zero-order chi connectivity index (χ0) is 4.28. The first-order valence-corrected chi connectivity index (χ1v) is 1.73. The second kappa shape index (κ2) is 2.14. The Morgan fingerprint density at radius 2 is 2.20 bits per heavy atom. The van der Waals surface area contributed by atoms with Gasteiger partial charge in [-0.05, 0) is 0 Å². The van der Waals surface area contributed by atoms with Crippen molar-refractivity contribution >= 4 is 24.9 Å². The molecule has 0 atom stereocenters. The molecular weight excluding hydrogens is 86.9 g/mol. The van der Waals surface area contributed by atoms with E-state index < -0.39 is 5.87 Å². The van der Waals surface area contributed by atoms with Gasteiger partial charge in [-0.3, -0.25) is 4.79 Å². The van der Waals surface area contributed by atoms with Crippen molar-refractivity contribution in [3.05, 3.63) is 0 Å². The number of carboxylic acid groups (broad SMARTS) is 1. The van der Waals surface area contributed by atoms with Gasteiger partial charge < -0.3 is 5.11 Å². The lowest BCUT2D eigenvalue weighted by Gasteiger charge is -1.68. The van der Waals surface area contributed by atoms with Crippen LogP contribution in [0, 0.1) is 0 Å². The van der Waals surface area contributed by atoms with E-state index in [0.29, 0.717) is 0 Å². The van der Waals surface area contributed by atoms with E-state index in [1.54, 1.807) is 0 Å². The van der Waals surface area contributed by atoms with Crippen molar-refractivity contribution in [2.24, 2.45) is 0 Å². The number of carbonyl (C=O) groups is 1. The van der Waals surface area contributed by atoms with Crippen molar-refractivity contribution in [1.82, 2.24) is 0 Å². The maximum absolute atomic E-state index is 9.29. The normalized spacial score (nSPS) is 6.60. The van der Waals surface area contributed by atoms with Crippen molar-refractivity contribution in [1.29, 1.82) is 0 Å². The van der Waals surface area contributed by atoms with Gasteiger partial charge in [0.05, 0.1) is 0 Å². The van der Waals surface area contributed by atoms with Crippen LogP contribution >= 0.6 is 12.5 Å². The van der Waals surface area contributed by atoms with Crippen LogP contribution in [0.2, 0.25) is 0 Å². The first-order chi connectivity index (χ1) is 2.27. The minimum Gasteiger partial charge on any atom is -0.489 e. The summed E-state index contributed by atoms with van der Waals surface area (Å²) in [6.07, 6.45) is 0. The minimum absolute atomic E-state index is 0.0833. The van der Waals surface area contributed by atoms with Crippen LogP contribution in [-0.4, -0.2) is 17.5 Å². The van der Waals surface area contributed by atoms with Crippen molar-refractivity contribution in [2.45, 2.75) is 0 Å². The quantitative estimate of drug-likeness (QED) is 0.349. The molecule has 1 N–H and O–H groups in total. The van der Waals surface area contributed by atoms with E-state index in [1.165, 1.54) is 0 Å². The molecule has 0 aliphatic heterocycles. The van der Waals surface area contributed by atoms with Crippen molar-refractivity contribution in [3.8, 4) is 0 Å². The van der Waals surface area contributed by atoms with E-state index in [-0.39, 0.29) is 6.56 Å². The fourth-order valence-electron chi connectivity index (χ4n) is 0. The fraction of sp³-hybridized carbons (Fsp3) is 0. The van der Waals surface area contributed by atoms with Gasteiger partial charge in [0.25, 0.3) is 5.87 Å². The Hall–Kier alpha value is -0.115. The highest BCUT2D eigenvalue weighted by molar-refractivity contribution is 8.09. The molecule has 0 unspecified atom stereocenters. The fourth-order valence-corrected chi connectivity index (χ4v) is 0. The van der Waals surface area contributed by atoms with Crippen LogP contribution < -0.4 is 0 Å². The van der Waals surface area contributed by atoms with Crippen molar-refractivity contribution in [3.63, 3.8) is 0 Å². The topological polar surface area (TPSA) is 37.3 Å². The predicted octanol–water partition coefficient (Wildman–Crippen LogP) is -0.0543. The number of hydrogen-bond acceptors (Lipinski definition) is 2. The van der Waals surface area contributed by atoms with Gasteiger partial charge in [0.15, 0.2) is 0 Å². The van der Waals surface area contributed by atoms with Gasteiger partial charge >= 0.3 is 6.56 Å². The first-order valence-electron chi connectivity index (χ1n) is 1.10. The van der Waals surface area contributed by atoms with E-state index in [1.807, 2.05) is 0 Å². The summed E-state index contributed by atoms with van der Waals surface area (Å²) in [5.74, 6) is -0.881. The third-order valence-electron chi connectivity index (χ3n) is 0.135. The summed E-state index contributed by atoms with van der Waals surface area (Å²) in [7, 11) is 0.